The number of benzene rings is 1. The number of nitrogens with zero attached hydrogens (tertiary/aromatic N) is 2. The van der Waals surface area contributed by atoms with E-state index in [2.05, 4.69) is 57.1 Å². The molecule has 1 atom stereocenters. The van der Waals surface area contributed by atoms with Crippen molar-refractivity contribution in [3.63, 3.8) is 0 Å². The van der Waals surface area contributed by atoms with Crippen LogP contribution >= 0.6 is 11.3 Å². The molecule has 4 rings (SSSR count). The SMILES string of the molecule is CN=C(NCCN1CCc2sccc2C1)NCc1ccc(C)cc1OC1CCOC1. The van der Waals surface area contributed by atoms with E-state index in [4.69, 9.17) is 9.47 Å². The van der Waals surface area contributed by atoms with Crippen LogP contribution in [0.15, 0.2) is 34.6 Å². The molecule has 2 aliphatic heterocycles. The summed E-state index contributed by atoms with van der Waals surface area (Å²) < 4.78 is 11.7. The normalized spacial score (nSPS) is 19.5. The monoisotopic (exact) mass is 428 g/mol. The summed E-state index contributed by atoms with van der Waals surface area (Å²) in [7, 11) is 1.82. The summed E-state index contributed by atoms with van der Waals surface area (Å²) in [6, 6.07) is 8.63. The highest BCUT2D eigenvalue weighted by Crippen LogP contribution is 2.24. The Kier molecular flexibility index (Phi) is 7.25. The number of nitrogens with one attached hydrogen (secondary N) is 2. The van der Waals surface area contributed by atoms with Crippen LogP contribution in [0, 0.1) is 6.92 Å². The van der Waals surface area contributed by atoms with E-state index in [9.17, 15) is 0 Å². The van der Waals surface area contributed by atoms with Crippen molar-refractivity contribution in [2.24, 2.45) is 4.99 Å². The van der Waals surface area contributed by atoms with E-state index in [0.717, 1.165) is 56.5 Å². The van der Waals surface area contributed by atoms with Gasteiger partial charge in [0, 0.05) is 56.6 Å². The standard InChI is InChI=1S/C23H32N4O2S/c1-17-3-4-18(21(13-17)29-20-6-11-28-16-20)14-26-23(24-2)25-8-10-27-9-5-22-19(15-27)7-12-30-22/h3-4,7,12-13,20H,5-6,8-11,14-16H2,1-2H3,(H2,24,25,26). The van der Waals surface area contributed by atoms with Gasteiger partial charge < -0.3 is 20.1 Å². The van der Waals surface area contributed by atoms with Crippen LogP contribution in [0.4, 0.5) is 0 Å². The van der Waals surface area contributed by atoms with Crippen LogP contribution in [0.1, 0.15) is 28.0 Å². The van der Waals surface area contributed by atoms with Gasteiger partial charge in [-0.15, -0.1) is 11.3 Å². The number of aryl methyl sites for hydroxylation is 1. The summed E-state index contributed by atoms with van der Waals surface area (Å²) in [6.45, 7) is 8.29. The lowest BCUT2D eigenvalue weighted by Crippen LogP contribution is -2.42. The first kappa shape index (κ1) is 21.2. The molecule has 1 aromatic carbocycles. The van der Waals surface area contributed by atoms with Gasteiger partial charge in [0.25, 0.3) is 0 Å². The average Bonchev–Trinajstić information content (AvgIpc) is 3.43. The Bertz CT molecular complexity index is 861. The Morgan fingerprint density at radius 2 is 2.27 bits per heavy atom. The Morgan fingerprint density at radius 1 is 1.33 bits per heavy atom. The molecule has 0 saturated carbocycles. The van der Waals surface area contributed by atoms with Crippen LogP contribution in [-0.4, -0.2) is 56.9 Å². The minimum Gasteiger partial charge on any atom is -0.488 e. The zero-order valence-corrected chi connectivity index (χ0v) is 18.8. The molecular weight excluding hydrogens is 396 g/mol. The van der Waals surface area contributed by atoms with Gasteiger partial charge in [0.1, 0.15) is 11.9 Å². The highest BCUT2D eigenvalue weighted by atomic mass is 32.1. The van der Waals surface area contributed by atoms with Gasteiger partial charge in [0.15, 0.2) is 5.96 Å². The molecule has 6 nitrogen and oxygen atoms in total. The third-order valence-electron chi connectivity index (χ3n) is 5.68. The van der Waals surface area contributed by atoms with Crippen molar-refractivity contribution in [1.82, 2.24) is 15.5 Å². The average molecular weight is 429 g/mol. The summed E-state index contributed by atoms with van der Waals surface area (Å²) >= 11 is 1.89. The van der Waals surface area contributed by atoms with Gasteiger partial charge in [0.2, 0.25) is 0 Å². The Balaban J connectivity index is 1.25. The second kappa shape index (κ2) is 10.3. The van der Waals surface area contributed by atoms with Crippen LogP contribution in [-0.2, 0) is 24.2 Å². The van der Waals surface area contributed by atoms with Gasteiger partial charge in [-0.25, -0.2) is 0 Å². The maximum absolute atomic E-state index is 6.20. The molecule has 1 fully saturated rings. The van der Waals surface area contributed by atoms with E-state index in [1.165, 1.54) is 17.5 Å². The van der Waals surface area contributed by atoms with Crippen molar-refractivity contribution < 1.29 is 9.47 Å². The number of guanidine groups is 1. The van der Waals surface area contributed by atoms with Gasteiger partial charge in [-0.05, 0) is 42.0 Å². The fraction of sp³-hybridized carbons (Fsp3) is 0.522. The van der Waals surface area contributed by atoms with Crippen LogP contribution < -0.4 is 15.4 Å². The van der Waals surface area contributed by atoms with Gasteiger partial charge in [0.05, 0.1) is 13.2 Å². The number of fused-ring (bicyclic) bond motifs is 1. The topological polar surface area (TPSA) is 58.1 Å². The van der Waals surface area contributed by atoms with E-state index in [1.807, 2.05) is 18.4 Å². The molecule has 2 aromatic rings. The Morgan fingerprint density at radius 3 is 3.10 bits per heavy atom. The molecule has 30 heavy (non-hydrogen) atoms. The third-order valence-corrected chi connectivity index (χ3v) is 6.70. The molecular formula is C23H32N4O2S. The van der Waals surface area contributed by atoms with E-state index in [0.29, 0.717) is 13.2 Å². The van der Waals surface area contributed by atoms with E-state index >= 15 is 0 Å². The van der Waals surface area contributed by atoms with Crippen LogP contribution in [0.2, 0.25) is 0 Å². The first-order valence-electron chi connectivity index (χ1n) is 10.8. The summed E-state index contributed by atoms with van der Waals surface area (Å²) in [5, 5.41) is 9.09. The first-order valence-corrected chi connectivity index (χ1v) is 11.7. The molecule has 0 amide bonds. The Labute approximate surface area is 183 Å². The maximum atomic E-state index is 6.20. The van der Waals surface area contributed by atoms with Crippen molar-refractivity contribution in [3.8, 4) is 5.75 Å². The summed E-state index contributed by atoms with van der Waals surface area (Å²) in [5.41, 5.74) is 3.83. The van der Waals surface area contributed by atoms with Crippen molar-refractivity contribution in [3.05, 3.63) is 51.2 Å². The van der Waals surface area contributed by atoms with Crippen molar-refractivity contribution in [2.75, 3.05) is 39.9 Å². The summed E-state index contributed by atoms with van der Waals surface area (Å²) in [6.07, 6.45) is 2.27. The van der Waals surface area contributed by atoms with Crippen LogP contribution in [0.3, 0.4) is 0 Å². The maximum Gasteiger partial charge on any atom is 0.191 e. The molecule has 3 heterocycles. The van der Waals surface area contributed by atoms with Gasteiger partial charge in [-0.1, -0.05) is 12.1 Å². The largest absolute Gasteiger partial charge is 0.488 e. The van der Waals surface area contributed by atoms with E-state index < -0.39 is 0 Å². The molecule has 2 aliphatic rings. The fourth-order valence-electron chi connectivity index (χ4n) is 3.93. The second-order valence-corrected chi connectivity index (χ2v) is 8.96. The smallest absolute Gasteiger partial charge is 0.191 e. The summed E-state index contributed by atoms with van der Waals surface area (Å²) in [4.78, 5) is 8.44. The third kappa shape index (κ3) is 5.53. The van der Waals surface area contributed by atoms with E-state index in [-0.39, 0.29) is 6.10 Å². The minimum atomic E-state index is 0.149. The molecule has 1 aromatic heterocycles. The predicted molar refractivity (Wildman–Crippen MR) is 123 cm³/mol. The molecule has 1 saturated heterocycles. The zero-order valence-electron chi connectivity index (χ0n) is 17.9. The van der Waals surface area contributed by atoms with Crippen molar-refractivity contribution >= 4 is 17.3 Å². The molecule has 0 radical (unpaired) electrons. The number of ether oxygens (including phenoxy) is 2. The molecule has 0 spiro atoms. The molecule has 1 unspecified atom stereocenters. The van der Waals surface area contributed by atoms with Gasteiger partial charge >= 0.3 is 0 Å². The Hall–Kier alpha value is -2.09. The molecule has 2 N–H and O–H groups in total. The molecule has 0 aliphatic carbocycles. The lowest BCUT2D eigenvalue weighted by molar-refractivity contribution is 0.140. The number of rotatable bonds is 7. The second-order valence-electron chi connectivity index (χ2n) is 7.96. The number of aliphatic imine (C=N–C) groups is 1. The van der Waals surface area contributed by atoms with Gasteiger partial charge in [-0.2, -0.15) is 0 Å². The zero-order chi connectivity index (χ0) is 20.8. The van der Waals surface area contributed by atoms with Crippen molar-refractivity contribution in [2.45, 2.75) is 39.0 Å². The van der Waals surface area contributed by atoms with Crippen LogP contribution in [0.5, 0.6) is 5.75 Å². The molecule has 7 heteroatoms. The summed E-state index contributed by atoms with van der Waals surface area (Å²) in [5.74, 6) is 1.76. The minimum absolute atomic E-state index is 0.149. The number of hydrogen-bond acceptors (Lipinski definition) is 5. The highest BCUT2D eigenvalue weighted by Gasteiger charge is 2.19. The quantitative estimate of drug-likeness (QED) is 0.525. The first-order chi connectivity index (χ1) is 14.7. The molecule has 162 valence electrons. The lowest BCUT2D eigenvalue weighted by Gasteiger charge is -2.27. The highest BCUT2D eigenvalue weighted by molar-refractivity contribution is 7.10. The van der Waals surface area contributed by atoms with Crippen LogP contribution in [0.25, 0.3) is 0 Å². The van der Waals surface area contributed by atoms with E-state index in [1.54, 1.807) is 4.88 Å². The van der Waals surface area contributed by atoms with Gasteiger partial charge in [-0.3, -0.25) is 9.89 Å². The predicted octanol–water partition coefficient (Wildman–Crippen LogP) is 2.95. The number of hydrogen-bond donors (Lipinski definition) is 2. The fourth-order valence-corrected chi connectivity index (χ4v) is 4.82. The lowest BCUT2D eigenvalue weighted by atomic mass is 10.1. The van der Waals surface area contributed by atoms with Crippen molar-refractivity contribution in [1.29, 1.82) is 0 Å². The molecule has 0 bridgehead atoms. The number of thiophene rings is 1.